The number of hydrogen-bond acceptors (Lipinski definition) is 4. The minimum atomic E-state index is -0.475. The second kappa shape index (κ2) is 9.56. The van der Waals surface area contributed by atoms with E-state index < -0.39 is 5.91 Å². The van der Waals surface area contributed by atoms with Gasteiger partial charge >= 0.3 is 0 Å². The van der Waals surface area contributed by atoms with Gasteiger partial charge in [0.1, 0.15) is 5.75 Å². The van der Waals surface area contributed by atoms with Crippen LogP contribution in [0.2, 0.25) is 0 Å². The Balaban J connectivity index is 1.70. The van der Waals surface area contributed by atoms with Gasteiger partial charge in [0.15, 0.2) is 12.6 Å². The zero-order chi connectivity index (χ0) is 18.1. The molecule has 1 fully saturated rings. The van der Waals surface area contributed by atoms with Crippen molar-refractivity contribution in [2.45, 2.75) is 30.9 Å². The number of guanidine groups is 1. The maximum atomic E-state index is 10.7. The van der Waals surface area contributed by atoms with Crippen LogP contribution >= 0.6 is 11.8 Å². The molecule has 6 nitrogen and oxygen atoms in total. The van der Waals surface area contributed by atoms with Crippen LogP contribution in [0.3, 0.4) is 0 Å². The molecule has 0 saturated carbocycles. The average molecular weight is 365 g/mol. The summed E-state index contributed by atoms with van der Waals surface area (Å²) in [5, 5.41) is 6.78. The van der Waals surface area contributed by atoms with Crippen LogP contribution in [-0.4, -0.2) is 49.1 Å². The summed E-state index contributed by atoms with van der Waals surface area (Å²) in [7, 11) is 1.80. The summed E-state index contributed by atoms with van der Waals surface area (Å²) in [6, 6.07) is 7.68. The Kier molecular flexibility index (Phi) is 7.43. The molecule has 0 spiro atoms. The number of aliphatic imine (C=N–C) groups is 1. The van der Waals surface area contributed by atoms with E-state index in [2.05, 4.69) is 22.5 Å². The number of nitrogens with two attached hydrogens (primary N) is 1. The second-order valence-corrected chi connectivity index (χ2v) is 8.09. The predicted molar refractivity (Wildman–Crippen MR) is 104 cm³/mol. The molecular weight excluding hydrogens is 336 g/mol. The summed E-state index contributed by atoms with van der Waals surface area (Å²) in [6.07, 6.45) is 3.43. The molecule has 1 saturated heterocycles. The van der Waals surface area contributed by atoms with Crippen LogP contribution in [0.4, 0.5) is 0 Å². The van der Waals surface area contributed by atoms with Gasteiger partial charge in [-0.2, -0.15) is 11.8 Å². The van der Waals surface area contributed by atoms with E-state index in [4.69, 9.17) is 10.5 Å². The van der Waals surface area contributed by atoms with E-state index in [-0.39, 0.29) is 6.61 Å². The van der Waals surface area contributed by atoms with Crippen molar-refractivity contribution in [2.24, 2.45) is 10.7 Å². The molecule has 0 bridgehead atoms. The third kappa shape index (κ3) is 6.86. The number of carbonyl (C=O) groups excluding carboxylic acids is 1. The molecule has 0 aliphatic carbocycles. The topological polar surface area (TPSA) is 88.7 Å². The lowest BCUT2D eigenvalue weighted by Crippen LogP contribution is -2.44. The summed E-state index contributed by atoms with van der Waals surface area (Å²) in [5.74, 6) is 2.27. The zero-order valence-corrected chi connectivity index (χ0v) is 15.8. The summed E-state index contributed by atoms with van der Waals surface area (Å²) in [4.78, 5) is 15.0. The summed E-state index contributed by atoms with van der Waals surface area (Å²) >= 11 is 2.04. The van der Waals surface area contributed by atoms with Gasteiger partial charge < -0.3 is 21.1 Å². The highest BCUT2D eigenvalue weighted by Crippen LogP contribution is 2.36. The molecule has 4 N–H and O–H groups in total. The van der Waals surface area contributed by atoms with E-state index in [1.807, 2.05) is 36.0 Å². The molecule has 1 heterocycles. The minimum absolute atomic E-state index is 0.0971. The van der Waals surface area contributed by atoms with E-state index in [1.165, 1.54) is 24.2 Å². The van der Waals surface area contributed by atoms with Crippen molar-refractivity contribution in [3.05, 3.63) is 29.8 Å². The van der Waals surface area contributed by atoms with Gasteiger partial charge in [-0.3, -0.25) is 9.79 Å². The van der Waals surface area contributed by atoms with Crippen molar-refractivity contribution in [2.75, 3.05) is 32.5 Å². The number of thioether (sulfide) groups is 1. The maximum absolute atomic E-state index is 10.7. The molecule has 138 valence electrons. The number of primary amides is 1. The highest BCUT2D eigenvalue weighted by atomic mass is 32.2. The van der Waals surface area contributed by atoms with Crippen molar-refractivity contribution < 1.29 is 9.53 Å². The Hall–Kier alpha value is -1.89. The summed E-state index contributed by atoms with van der Waals surface area (Å²) < 4.78 is 5.57. The molecule has 1 atom stereocenters. The number of hydrogen-bond donors (Lipinski definition) is 3. The average Bonchev–Trinajstić information content (AvgIpc) is 3.04. The Morgan fingerprint density at radius 3 is 2.72 bits per heavy atom. The zero-order valence-electron chi connectivity index (χ0n) is 15.0. The quantitative estimate of drug-likeness (QED) is 0.481. The Morgan fingerprint density at radius 2 is 2.12 bits per heavy atom. The number of nitrogens with zero attached hydrogens (tertiary/aromatic N) is 1. The molecule has 1 unspecified atom stereocenters. The molecule has 1 aliphatic heterocycles. The smallest absolute Gasteiger partial charge is 0.255 e. The number of nitrogens with one attached hydrogen (secondary N) is 2. The Bertz CT molecular complexity index is 583. The van der Waals surface area contributed by atoms with Crippen molar-refractivity contribution in [3.8, 4) is 5.75 Å². The van der Waals surface area contributed by atoms with Crippen LogP contribution in [-0.2, 0) is 11.2 Å². The molecule has 7 heteroatoms. The van der Waals surface area contributed by atoms with Gasteiger partial charge in [0, 0.05) is 24.9 Å². The van der Waals surface area contributed by atoms with Crippen molar-refractivity contribution in [3.63, 3.8) is 0 Å². The SMILES string of the molecule is CN=C(NCCc1ccc(OCC(N)=O)cc1)NCC1(C)CCCS1. The summed E-state index contributed by atoms with van der Waals surface area (Å²) in [6.45, 7) is 3.95. The maximum Gasteiger partial charge on any atom is 0.255 e. The van der Waals surface area contributed by atoms with Crippen LogP contribution in [0.25, 0.3) is 0 Å². The van der Waals surface area contributed by atoms with E-state index in [0.717, 1.165) is 25.5 Å². The molecule has 1 aliphatic rings. The van der Waals surface area contributed by atoms with Gasteiger partial charge in [-0.15, -0.1) is 0 Å². The highest BCUT2D eigenvalue weighted by Gasteiger charge is 2.29. The highest BCUT2D eigenvalue weighted by molar-refractivity contribution is 8.00. The standard InChI is InChI=1S/C18H28N4O2S/c1-18(9-3-11-25-18)13-22-17(20-2)21-10-8-14-4-6-15(7-5-14)24-12-16(19)23/h4-7H,3,8-13H2,1-2H3,(H2,19,23)(H2,20,21,22). The van der Waals surface area contributed by atoms with Gasteiger partial charge in [0.25, 0.3) is 5.91 Å². The molecule has 1 aromatic carbocycles. The fourth-order valence-corrected chi connectivity index (χ4v) is 3.94. The van der Waals surface area contributed by atoms with Crippen LogP contribution in [0.1, 0.15) is 25.3 Å². The van der Waals surface area contributed by atoms with Crippen molar-refractivity contribution in [1.29, 1.82) is 0 Å². The molecule has 1 amide bonds. The van der Waals surface area contributed by atoms with E-state index in [1.54, 1.807) is 7.05 Å². The Morgan fingerprint density at radius 1 is 1.36 bits per heavy atom. The third-order valence-corrected chi connectivity index (χ3v) is 5.70. The molecule has 25 heavy (non-hydrogen) atoms. The van der Waals surface area contributed by atoms with Crippen LogP contribution in [0.15, 0.2) is 29.3 Å². The van der Waals surface area contributed by atoms with Gasteiger partial charge in [-0.25, -0.2) is 0 Å². The van der Waals surface area contributed by atoms with E-state index >= 15 is 0 Å². The largest absolute Gasteiger partial charge is 0.484 e. The first-order valence-electron chi connectivity index (χ1n) is 8.59. The lowest BCUT2D eigenvalue weighted by atomic mass is 10.1. The van der Waals surface area contributed by atoms with E-state index in [9.17, 15) is 4.79 Å². The monoisotopic (exact) mass is 364 g/mol. The molecule has 0 radical (unpaired) electrons. The lowest BCUT2D eigenvalue weighted by Gasteiger charge is -2.24. The third-order valence-electron chi connectivity index (χ3n) is 4.16. The van der Waals surface area contributed by atoms with Gasteiger partial charge in [-0.1, -0.05) is 12.1 Å². The normalized spacial score (nSPS) is 20.3. The predicted octanol–water partition coefficient (Wildman–Crippen LogP) is 1.54. The minimum Gasteiger partial charge on any atom is -0.484 e. The number of amides is 1. The Labute approximate surface area is 154 Å². The van der Waals surface area contributed by atoms with E-state index in [0.29, 0.717) is 10.5 Å². The van der Waals surface area contributed by atoms with Crippen LogP contribution in [0, 0.1) is 0 Å². The number of ether oxygens (including phenoxy) is 1. The lowest BCUT2D eigenvalue weighted by molar-refractivity contribution is -0.119. The van der Waals surface area contributed by atoms with Crippen LogP contribution < -0.4 is 21.1 Å². The van der Waals surface area contributed by atoms with Crippen molar-refractivity contribution >= 4 is 23.6 Å². The fourth-order valence-electron chi connectivity index (χ4n) is 2.70. The molecule has 0 aromatic heterocycles. The molecule has 2 rings (SSSR count). The number of rotatable bonds is 8. The number of benzene rings is 1. The first kappa shape index (κ1) is 19.4. The molecule has 1 aromatic rings. The van der Waals surface area contributed by atoms with Gasteiger partial charge in [-0.05, 0) is 49.6 Å². The second-order valence-electron chi connectivity index (χ2n) is 6.40. The van der Waals surface area contributed by atoms with Gasteiger partial charge in [0.05, 0.1) is 0 Å². The summed E-state index contributed by atoms with van der Waals surface area (Å²) in [5.41, 5.74) is 6.25. The fraction of sp³-hybridized carbons (Fsp3) is 0.556. The van der Waals surface area contributed by atoms with Gasteiger partial charge in [0.2, 0.25) is 0 Å². The first-order chi connectivity index (χ1) is 12.0. The molecular formula is C18H28N4O2S. The van der Waals surface area contributed by atoms with Crippen molar-refractivity contribution in [1.82, 2.24) is 10.6 Å². The number of carbonyl (C=O) groups is 1. The van der Waals surface area contributed by atoms with Crippen LogP contribution in [0.5, 0.6) is 5.75 Å². The first-order valence-corrected chi connectivity index (χ1v) is 9.58.